The maximum Gasteiger partial charge on any atom is 0.251 e. The minimum absolute atomic E-state index is 0.0238. The fourth-order valence-electron chi connectivity index (χ4n) is 2.76. The molecule has 0 bridgehead atoms. The summed E-state index contributed by atoms with van der Waals surface area (Å²) in [6, 6.07) is 5.35. The standard InChI is InChI=1S/C17H25N3O2/c1-12-3-5-14(17(22)18-2)11-15(12)20-16(21)6-4-13-7-9-19-10-8-13/h3,5,11,13,19H,4,6-10H2,1-2H3,(H,18,22)(H,20,21). The van der Waals surface area contributed by atoms with Crippen LogP contribution in [-0.4, -0.2) is 32.0 Å². The Morgan fingerprint density at radius 2 is 2.00 bits per heavy atom. The number of benzene rings is 1. The molecule has 1 aromatic rings. The fourth-order valence-corrected chi connectivity index (χ4v) is 2.76. The van der Waals surface area contributed by atoms with E-state index in [0.717, 1.165) is 43.6 Å². The summed E-state index contributed by atoms with van der Waals surface area (Å²) in [6.45, 7) is 4.04. The lowest BCUT2D eigenvalue weighted by atomic mass is 9.93. The molecule has 120 valence electrons. The van der Waals surface area contributed by atoms with Crippen LogP contribution in [0.4, 0.5) is 5.69 Å². The first-order valence-corrected chi connectivity index (χ1v) is 7.93. The lowest BCUT2D eigenvalue weighted by molar-refractivity contribution is -0.116. The van der Waals surface area contributed by atoms with Crippen LogP contribution in [0.5, 0.6) is 0 Å². The van der Waals surface area contributed by atoms with Crippen molar-refractivity contribution >= 4 is 17.5 Å². The third-order valence-electron chi connectivity index (χ3n) is 4.24. The molecule has 2 amide bonds. The number of aryl methyl sites for hydroxylation is 1. The predicted molar refractivity (Wildman–Crippen MR) is 88.0 cm³/mol. The van der Waals surface area contributed by atoms with Crippen LogP contribution in [0.1, 0.15) is 41.6 Å². The molecule has 0 spiro atoms. The molecule has 0 atom stereocenters. The first-order valence-electron chi connectivity index (χ1n) is 7.93. The Kier molecular flexibility index (Phi) is 5.95. The maximum atomic E-state index is 12.1. The van der Waals surface area contributed by atoms with Crippen LogP contribution in [-0.2, 0) is 4.79 Å². The third kappa shape index (κ3) is 4.56. The van der Waals surface area contributed by atoms with Gasteiger partial charge in [-0.1, -0.05) is 6.07 Å². The zero-order chi connectivity index (χ0) is 15.9. The average molecular weight is 303 g/mol. The van der Waals surface area contributed by atoms with Crippen LogP contribution < -0.4 is 16.0 Å². The second kappa shape index (κ2) is 7.94. The molecule has 5 nitrogen and oxygen atoms in total. The molecule has 0 aliphatic carbocycles. The molecule has 3 N–H and O–H groups in total. The number of nitrogens with one attached hydrogen (secondary N) is 3. The molecule has 0 radical (unpaired) electrons. The van der Waals surface area contributed by atoms with E-state index in [9.17, 15) is 9.59 Å². The topological polar surface area (TPSA) is 70.2 Å². The Labute approximate surface area is 131 Å². The van der Waals surface area contributed by atoms with Crippen molar-refractivity contribution in [1.29, 1.82) is 0 Å². The van der Waals surface area contributed by atoms with E-state index in [-0.39, 0.29) is 11.8 Å². The number of carbonyl (C=O) groups is 2. The van der Waals surface area contributed by atoms with E-state index in [2.05, 4.69) is 16.0 Å². The van der Waals surface area contributed by atoms with E-state index in [1.165, 1.54) is 0 Å². The van der Waals surface area contributed by atoms with Crippen molar-refractivity contribution in [2.75, 3.05) is 25.5 Å². The van der Waals surface area contributed by atoms with Gasteiger partial charge < -0.3 is 16.0 Å². The number of rotatable bonds is 5. The van der Waals surface area contributed by atoms with E-state index < -0.39 is 0 Å². The number of anilines is 1. The zero-order valence-corrected chi connectivity index (χ0v) is 13.4. The van der Waals surface area contributed by atoms with Crippen molar-refractivity contribution in [3.05, 3.63) is 29.3 Å². The Morgan fingerprint density at radius 1 is 1.27 bits per heavy atom. The van der Waals surface area contributed by atoms with Crippen LogP contribution in [0.3, 0.4) is 0 Å². The van der Waals surface area contributed by atoms with Crippen LogP contribution >= 0.6 is 0 Å². The van der Waals surface area contributed by atoms with Gasteiger partial charge in [0.15, 0.2) is 0 Å². The molecule has 2 rings (SSSR count). The smallest absolute Gasteiger partial charge is 0.251 e. The fraction of sp³-hybridized carbons (Fsp3) is 0.529. The highest BCUT2D eigenvalue weighted by Crippen LogP contribution is 2.20. The Balaban J connectivity index is 1.91. The van der Waals surface area contributed by atoms with Crippen molar-refractivity contribution in [2.24, 2.45) is 5.92 Å². The van der Waals surface area contributed by atoms with Crippen molar-refractivity contribution in [3.63, 3.8) is 0 Å². The molecule has 0 aromatic heterocycles. The molecule has 5 heteroatoms. The summed E-state index contributed by atoms with van der Waals surface area (Å²) in [4.78, 5) is 23.8. The van der Waals surface area contributed by atoms with Gasteiger partial charge in [-0.3, -0.25) is 9.59 Å². The quantitative estimate of drug-likeness (QED) is 0.780. The SMILES string of the molecule is CNC(=O)c1ccc(C)c(NC(=O)CCC2CCNCC2)c1. The summed E-state index contributed by atoms with van der Waals surface area (Å²) in [5.74, 6) is 0.520. The van der Waals surface area contributed by atoms with Gasteiger partial charge in [-0.2, -0.15) is 0 Å². The molecule has 1 aliphatic rings. The second-order valence-corrected chi connectivity index (χ2v) is 5.89. The van der Waals surface area contributed by atoms with E-state index in [1.807, 2.05) is 13.0 Å². The first-order chi connectivity index (χ1) is 10.6. The predicted octanol–water partition coefficient (Wildman–Crippen LogP) is 2.07. The lowest BCUT2D eigenvalue weighted by Crippen LogP contribution is -2.28. The molecule has 0 saturated carbocycles. The Bertz CT molecular complexity index is 537. The van der Waals surface area contributed by atoms with Gasteiger partial charge >= 0.3 is 0 Å². The number of amides is 2. The Morgan fingerprint density at radius 3 is 2.68 bits per heavy atom. The van der Waals surface area contributed by atoms with Crippen molar-refractivity contribution in [3.8, 4) is 0 Å². The monoisotopic (exact) mass is 303 g/mol. The summed E-state index contributed by atoms with van der Waals surface area (Å²) in [6.07, 6.45) is 3.77. The average Bonchev–Trinajstić information content (AvgIpc) is 2.55. The number of carbonyl (C=O) groups excluding carboxylic acids is 2. The van der Waals surface area contributed by atoms with E-state index >= 15 is 0 Å². The summed E-state index contributed by atoms with van der Waals surface area (Å²) in [5.41, 5.74) is 2.24. The molecular weight excluding hydrogens is 278 g/mol. The van der Waals surface area contributed by atoms with Gasteiger partial charge in [0.2, 0.25) is 5.91 Å². The highest BCUT2D eigenvalue weighted by molar-refractivity contribution is 5.97. The summed E-state index contributed by atoms with van der Waals surface area (Å²) >= 11 is 0. The molecule has 0 unspecified atom stereocenters. The minimum Gasteiger partial charge on any atom is -0.355 e. The van der Waals surface area contributed by atoms with Crippen LogP contribution in [0, 0.1) is 12.8 Å². The van der Waals surface area contributed by atoms with Crippen molar-refractivity contribution < 1.29 is 9.59 Å². The van der Waals surface area contributed by atoms with Gasteiger partial charge in [0.25, 0.3) is 5.91 Å². The zero-order valence-electron chi connectivity index (χ0n) is 13.4. The van der Waals surface area contributed by atoms with Gasteiger partial charge in [-0.15, -0.1) is 0 Å². The van der Waals surface area contributed by atoms with Gasteiger partial charge in [0, 0.05) is 24.7 Å². The highest BCUT2D eigenvalue weighted by atomic mass is 16.2. The van der Waals surface area contributed by atoms with Gasteiger partial charge in [-0.25, -0.2) is 0 Å². The molecular formula is C17H25N3O2. The third-order valence-corrected chi connectivity index (χ3v) is 4.24. The Hall–Kier alpha value is -1.88. The van der Waals surface area contributed by atoms with Gasteiger partial charge in [0.05, 0.1) is 0 Å². The molecule has 1 aliphatic heterocycles. The van der Waals surface area contributed by atoms with E-state index in [4.69, 9.17) is 0 Å². The number of hydrogen-bond donors (Lipinski definition) is 3. The van der Waals surface area contributed by atoms with Gasteiger partial charge in [0.1, 0.15) is 0 Å². The number of piperidine rings is 1. The van der Waals surface area contributed by atoms with E-state index in [0.29, 0.717) is 17.9 Å². The molecule has 1 aromatic carbocycles. The second-order valence-electron chi connectivity index (χ2n) is 5.89. The van der Waals surface area contributed by atoms with Crippen LogP contribution in [0.2, 0.25) is 0 Å². The summed E-state index contributed by atoms with van der Waals surface area (Å²) in [7, 11) is 1.60. The molecule has 1 saturated heterocycles. The van der Waals surface area contributed by atoms with Crippen molar-refractivity contribution in [1.82, 2.24) is 10.6 Å². The van der Waals surface area contributed by atoms with Crippen molar-refractivity contribution in [2.45, 2.75) is 32.6 Å². The lowest BCUT2D eigenvalue weighted by Gasteiger charge is -2.22. The van der Waals surface area contributed by atoms with E-state index in [1.54, 1.807) is 19.2 Å². The maximum absolute atomic E-state index is 12.1. The van der Waals surface area contributed by atoms with Gasteiger partial charge in [-0.05, 0) is 62.9 Å². The summed E-state index contributed by atoms with van der Waals surface area (Å²) in [5, 5.41) is 8.86. The summed E-state index contributed by atoms with van der Waals surface area (Å²) < 4.78 is 0. The molecule has 1 heterocycles. The molecule has 22 heavy (non-hydrogen) atoms. The first kappa shape index (κ1) is 16.5. The minimum atomic E-state index is -0.148. The normalized spacial score (nSPS) is 15.4. The largest absolute Gasteiger partial charge is 0.355 e. The highest BCUT2D eigenvalue weighted by Gasteiger charge is 2.15. The van der Waals surface area contributed by atoms with Crippen LogP contribution in [0.15, 0.2) is 18.2 Å². The van der Waals surface area contributed by atoms with Crippen LogP contribution in [0.25, 0.3) is 0 Å². The molecule has 1 fully saturated rings. The number of hydrogen-bond acceptors (Lipinski definition) is 3.